The van der Waals surface area contributed by atoms with Gasteiger partial charge in [-0.3, -0.25) is 9.48 Å². The molecule has 5 nitrogen and oxygen atoms in total. The van der Waals surface area contributed by atoms with Crippen molar-refractivity contribution in [1.82, 2.24) is 20.4 Å². The van der Waals surface area contributed by atoms with Crippen LogP contribution in [0.4, 0.5) is 0 Å². The van der Waals surface area contributed by atoms with Crippen LogP contribution in [0.1, 0.15) is 35.3 Å². The molecule has 1 aliphatic heterocycles. The van der Waals surface area contributed by atoms with Gasteiger partial charge in [0.1, 0.15) is 0 Å². The predicted octanol–water partition coefficient (Wildman–Crippen LogP) is 0.848. The molecule has 5 heteroatoms. The zero-order valence-electron chi connectivity index (χ0n) is 11.2. The fraction of sp³-hybridized carbons (Fsp3) is 0.692. The van der Waals surface area contributed by atoms with Crippen LogP contribution in [-0.2, 0) is 7.05 Å². The molecule has 1 amide bonds. The first kappa shape index (κ1) is 13.1. The number of carbonyl (C=O) groups excluding carboxylic acids is 1. The average molecular weight is 250 g/mol. The van der Waals surface area contributed by atoms with Crippen LogP contribution in [0.3, 0.4) is 0 Å². The van der Waals surface area contributed by atoms with Gasteiger partial charge >= 0.3 is 0 Å². The molecule has 0 spiro atoms. The lowest BCUT2D eigenvalue weighted by Gasteiger charge is -2.22. The first-order valence-corrected chi connectivity index (χ1v) is 6.66. The van der Waals surface area contributed by atoms with Gasteiger partial charge in [0.25, 0.3) is 5.91 Å². The maximum Gasteiger partial charge on any atom is 0.254 e. The third-order valence-electron chi connectivity index (χ3n) is 3.72. The molecule has 0 radical (unpaired) electrons. The minimum absolute atomic E-state index is 0.00984. The van der Waals surface area contributed by atoms with E-state index in [-0.39, 0.29) is 5.91 Å². The number of aryl methyl sites for hydroxylation is 1. The number of nitrogens with one attached hydrogen (secondary N) is 2. The monoisotopic (exact) mass is 250 g/mol. The third kappa shape index (κ3) is 3.10. The van der Waals surface area contributed by atoms with Gasteiger partial charge < -0.3 is 10.6 Å². The van der Waals surface area contributed by atoms with Crippen molar-refractivity contribution in [1.29, 1.82) is 0 Å². The largest absolute Gasteiger partial charge is 0.352 e. The first-order chi connectivity index (χ1) is 8.68. The molecule has 100 valence electrons. The Bertz CT molecular complexity index is 407. The Balaban J connectivity index is 1.76. The summed E-state index contributed by atoms with van der Waals surface area (Å²) in [6.07, 6.45) is 5.21. The summed E-state index contributed by atoms with van der Waals surface area (Å²) < 4.78 is 1.72. The predicted molar refractivity (Wildman–Crippen MR) is 70.5 cm³/mol. The van der Waals surface area contributed by atoms with Gasteiger partial charge in [0.2, 0.25) is 0 Å². The van der Waals surface area contributed by atoms with Crippen LogP contribution in [0, 0.1) is 12.8 Å². The van der Waals surface area contributed by atoms with E-state index in [2.05, 4.69) is 15.7 Å². The molecular formula is C13H22N4O. The van der Waals surface area contributed by atoms with Crippen LogP contribution in [0.2, 0.25) is 0 Å². The molecule has 2 rings (SSSR count). The van der Waals surface area contributed by atoms with Crippen LogP contribution < -0.4 is 10.6 Å². The maximum absolute atomic E-state index is 11.9. The summed E-state index contributed by atoms with van der Waals surface area (Å²) in [6.45, 7) is 4.88. The molecule has 2 N–H and O–H groups in total. The molecule has 1 aromatic rings. The maximum atomic E-state index is 11.9. The fourth-order valence-electron chi connectivity index (χ4n) is 2.38. The third-order valence-corrected chi connectivity index (χ3v) is 3.72. The summed E-state index contributed by atoms with van der Waals surface area (Å²) in [5.41, 5.74) is 1.59. The number of amides is 1. The van der Waals surface area contributed by atoms with Crippen LogP contribution in [-0.4, -0.2) is 35.3 Å². The molecule has 0 saturated carbocycles. The van der Waals surface area contributed by atoms with Gasteiger partial charge in [-0.25, -0.2) is 0 Å². The van der Waals surface area contributed by atoms with Crippen LogP contribution in [0.25, 0.3) is 0 Å². The van der Waals surface area contributed by atoms with Gasteiger partial charge in [-0.1, -0.05) is 0 Å². The van der Waals surface area contributed by atoms with E-state index in [1.165, 1.54) is 12.8 Å². The summed E-state index contributed by atoms with van der Waals surface area (Å²) in [7, 11) is 1.85. The minimum Gasteiger partial charge on any atom is -0.352 e. The number of rotatable bonds is 4. The summed E-state index contributed by atoms with van der Waals surface area (Å²) in [5, 5.41) is 10.5. The Morgan fingerprint density at radius 2 is 2.50 bits per heavy atom. The molecule has 0 bridgehead atoms. The van der Waals surface area contributed by atoms with E-state index in [0.717, 1.165) is 31.7 Å². The summed E-state index contributed by atoms with van der Waals surface area (Å²) in [4.78, 5) is 11.9. The minimum atomic E-state index is -0.00984. The Morgan fingerprint density at radius 3 is 3.11 bits per heavy atom. The second-order valence-electron chi connectivity index (χ2n) is 5.02. The highest BCUT2D eigenvalue weighted by Gasteiger charge is 2.15. The molecule has 2 heterocycles. The van der Waals surface area contributed by atoms with E-state index >= 15 is 0 Å². The van der Waals surface area contributed by atoms with Crippen LogP contribution in [0.15, 0.2) is 6.20 Å². The van der Waals surface area contributed by atoms with Gasteiger partial charge in [0.15, 0.2) is 0 Å². The fourth-order valence-corrected chi connectivity index (χ4v) is 2.38. The quantitative estimate of drug-likeness (QED) is 0.833. The topological polar surface area (TPSA) is 59.0 Å². The Labute approximate surface area is 108 Å². The van der Waals surface area contributed by atoms with Crippen molar-refractivity contribution in [2.45, 2.75) is 26.2 Å². The molecular weight excluding hydrogens is 228 g/mol. The molecule has 0 aromatic carbocycles. The molecule has 1 unspecified atom stereocenters. The van der Waals surface area contributed by atoms with E-state index in [4.69, 9.17) is 0 Å². The van der Waals surface area contributed by atoms with Gasteiger partial charge in [-0.05, 0) is 45.2 Å². The van der Waals surface area contributed by atoms with Gasteiger partial charge in [0, 0.05) is 19.3 Å². The summed E-state index contributed by atoms with van der Waals surface area (Å²) in [5.74, 6) is 0.693. The molecule has 1 fully saturated rings. The van der Waals surface area contributed by atoms with Crippen molar-refractivity contribution in [2.24, 2.45) is 13.0 Å². The van der Waals surface area contributed by atoms with E-state index in [1.807, 2.05) is 14.0 Å². The molecule has 1 saturated heterocycles. The highest BCUT2D eigenvalue weighted by molar-refractivity contribution is 5.94. The van der Waals surface area contributed by atoms with E-state index < -0.39 is 0 Å². The van der Waals surface area contributed by atoms with Crippen molar-refractivity contribution in [3.05, 3.63) is 17.5 Å². The number of piperidine rings is 1. The Hall–Kier alpha value is -1.36. The van der Waals surface area contributed by atoms with Gasteiger partial charge in [-0.2, -0.15) is 5.10 Å². The lowest BCUT2D eigenvalue weighted by atomic mass is 9.96. The smallest absolute Gasteiger partial charge is 0.254 e. The number of aromatic nitrogens is 2. The number of hydrogen-bond acceptors (Lipinski definition) is 3. The van der Waals surface area contributed by atoms with Crippen LogP contribution >= 0.6 is 0 Å². The summed E-state index contributed by atoms with van der Waals surface area (Å²) >= 11 is 0. The van der Waals surface area contributed by atoms with Gasteiger partial charge in [0.05, 0.1) is 11.8 Å². The van der Waals surface area contributed by atoms with Crippen molar-refractivity contribution in [2.75, 3.05) is 19.6 Å². The van der Waals surface area contributed by atoms with E-state index in [0.29, 0.717) is 11.5 Å². The highest BCUT2D eigenvalue weighted by Crippen LogP contribution is 2.13. The lowest BCUT2D eigenvalue weighted by molar-refractivity contribution is 0.0950. The Morgan fingerprint density at radius 1 is 1.67 bits per heavy atom. The molecule has 1 atom stereocenters. The molecule has 18 heavy (non-hydrogen) atoms. The number of nitrogens with zero attached hydrogens (tertiary/aromatic N) is 2. The summed E-state index contributed by atoms with van der Waals surface area (Å²) in [6, 6.07) is 0. The van der Waals surface area contributed by atoms with E-state index in [1.54, 1.807) is 10.9 Å². The second-order valence-corrected chi connectivity index (χ2v) is 5.02. The number of carbonyl (C=O) groups is 1. The first-order valence-electron chi connectivity index (χ1n) is 6.66. The molecule has 0 aliphatic carbocycles. The van der Waals surface area contributed by atoms with Crippen LogP contribution in [0.5, 0.6) is 0 Å². The Kier molecular flexibility index (Phi) is 4.36. The standard InChI is InChI=1S/C13H22N4O/c1-10-12(9-16-17(10)2)13(18)15-7-5-11-4-3-6-14-8-11/h9,11,14H,3-8H2,1-2H3,(H,15,18). The normalized spacial score (nSPS) is 19.8. The molecule has 1 aliphatic rings. The zero-order valence-corrected chi connectivity index (χ0v) is 11.2. The number of hydrogen-bond donors (Lipinski definition) is 2. The van der Waals surface area contributed by atoms with Crippen molar-refractivity contribution >= 4 is 5.91 Å². The lowest BCUT2D eigenvalue weighted by Crippen LogP contribution is -2.33. The average Bonchev–Trinajstić information content (AvgIpc) is 2.71. The van der Waals surface area contributed by atoms with Gasteiger partial charge in [-0.15, -0.1) is 0 Å². The van der Waals surface area contributed by atoms with E-state index in [9.17, 15) is 4.79 Å². The molecule has 1 aromatic heterocycles. The second kappa shape index (κ2) is 6.00. The highest BCUT2D eigenvalue weighted by atomic mass is 16.1. The zero-order chi connectivity index (χ0) is 13.0. The van der Waals surface area contributed by atoms with Crippen molar-refractivity contribution < 1.29 is 4.79 Å². The van der Waals surface area contributed by atoms with Crippen molar-refractivity contribution in [3.8, 4) is 0 Å². The SMILES string of the molecule is Cc1c(C(=O)NCCC2CCCNC2)cnn1C. The van der Waals surface area contributed by atoms with Crippen molar-refractivity contribution in [3.63, 3.8) is 0 Å².